The third-order valence-corrected chi connectivity index (χ3v) is 3.53. The predicted octanol–water partition coefficient (Wildman–Crippen LogP) is 2.99. The van der Waals surface area contributed by atoms with E-state index in [4.69, 9.17) is 4.52 Å². The first-order valence-corrected chi connectivity index (χ1v) is 6.26. The van der Waals surface area contributed by atoms with Gasteiger partial charge in [-0.05, 0) is 32.6 Å². The zero-order valence-electron chi connectivity index (χ0n) is 10.7. The summed E-state index contributed by atoms with van der Waals surface area (Å²) in [5, 5.41) is 4.09. The quantitative estimate of drug-likeness (QED) is 0.767. The van der Waals surface area contributed by atoms with E-state index in [1.165, 1.54) is 12.8 Å². The second-order valence-corrected chi connectivity index (χ2v) is 5.32. The molecule has 90 valence electrons. The first kappa shape index (κ1) is 11.6. The highest BCUT2D eigenvalue weighted by molar-refractivity contribution is 5.05. The Balaban J connectivity index is 2.02. The third kappa shape index (κ3) is 2.64. The summed E-state index contributed by atoms with van der Waals surface area (Å²) >= 11 is 0. The van der Waals surface area contributed by atoms with E-state index < -0.39 is 0 Å². The monoisotopic (exact) mass is 222 g/mol. The van der Waals surface area contributed by atoms with Crippen molar-refractivity contribution >= 4 is 0 Å². The van der Waals surface area contributed by atoms with Gasteiger partial charge in [-0.3, -0.25) is 4.90 Å². The summed E-state index contributed by atoms with van der Waals surface area (Å²) in [5.74, 6) is 1.59. The van der Waals surface area contributed by atoms with Gasteiger partial charge in [0.15, 0.2) is 0 Å². The number of nitrogens with zero attached hydrogens (tertiary/aromatic N) is 2. The molecule has 0 aromatic carbocycles. The molecule has 1 aliphatic rings. The van der Waals surface area contributed by atoms with Crippen molar-refractivity contribution in [3.8, 4) is 0 Å². The minimum atomic E-state index is 0.615. The van der Waals surface area contributed by atoms with Crippen molar-refractivity contribution in [2.45, 2.75) is 59.2 Å². The van der Waals surface area contributed by atoms with Crippen LogP contribution in [0.5, 0.6) is 0 Å². The van der Waals surface area contributed by atoms with Gasteiger partial charge in [-0.2, -0.15) is 0 Å². The lowest BCUT2D eigenvalue weighted by atomic mass is 10.0. The molecule has 0 bridgehead atoms. The molecular formula is C13H22N2O. The Morgan fingerprint density at radius 1 is 1.44 bits per heavy atom. The second-order valence-electron chi connectivity index (χ2n) is 5.32. The van der Waals surface area contributed by atoms with Gasteiger partial charge in [-0.1, -0.05) is 19.0 Å². The Hall–Kier alpha value is -0.830. The molecule has 1 aromatic heterocycles. The fourth-order valence-corrected chi connectivity index (χ4v) is 2.07. The van der Waals surface area contributed by atoms with E-state index in [0.717, 1.165) is 24.0 Å². The molecule has 0 amide bonds. The molecular weight excluding hydrogens is 200 g/mol. The Bertz CT molecular complexity index is 341. The average molecular weight is 222 g/mol. The van der Waals surface area contributed by atoms with E-state index in [2.05, 4.69) is 30.8 Å². The summed E-state index contributed by atoms with van der Waals surface area (Å²) in [6.07, 6.45) is 2.68. The summed E-state index contributed by atoms with van der Waals surface area (Å²) < 4.78 is 5.13. The van der Waals surface area contributed by atoms with Gasteiger partial charge >= 0.3 is 0 Å². The molecule has 1 heterocycles. The molecule has 1 aliphatic carbocycles. The van der Waals surface area contributed by atoms with Crippen molar-refractivity contribution in [1.82, 2.24) is 10.1 Å². The fraction of sp³-hybridized carbons (Fsp3) is 0.769. The van der Waals surface area contributed by atoms with Crippen LogP contribution >= 0.6 is 0 Å². The minimum absolute atomic E-state index is 0.615. The Kier molecular flexibility index (Phi) is 3.33. The van der Waals surface area contributed by atoms with Gasteiger partial charge in [-0.25, -0.2) is 0 Å². The minimum Gasteiger partial charge on any atom is -0.361 e. The SMILES string of the molecule is Cc1cc(CN(C2CC2)[C@@H](C)C(C)C)no1. The molecule has 0 spiro atoms. The van der Waals surface area contributed by atoms with Crippen molar-refractivity contribution in [2.24, 2.45) is 5.92 Å². The maximum Gasteiger partial charge on any atom is 0.133 e. The molecule has 3 heteroatoms. The molecule has 0 aliphatic heterocycles. The zero-order chi connectivity index (χ0) is 11.7. The van der Waals surface area contributed by atoms with Gasteiger partial charge in [0.05, 0.1) is 5.69 Å². The Morgan fingerprint density at radius 2 is 2.12 bits per heavy atom. The number of aryl methyl sites for hydroxylation is 1. The summed E-state index contributed by atoms with van der Waals surface area (Å²) in [6, 6.07) is 3.43. The van der Waals surface area contributed by atoms with Crippen LogP contribution < -0.4 is 0 Å². The van der Waals surface area contributed by atoms with Crippen LogP contribution in [0.25, 0.3) is 0 Å². The van der Waals surface area contributed by atoms with Gasteiger partial charge in [0.25, 0.3) is 0 Å². The highest BCUT2D eigenvalue weighted by Crippen LogP contribution is 2.31. The van der Waals surface area contributed by atoms with Crippen LogP contribution in [0.3, 0.4) is 0 Å². The van der Waals surface area contributed by atoms with Crippen molar-refractivity contribution in [2.75, 3.05) is 0 Å². The van der Waals surface area contributed by atoms with Crippen molar-refractivity contribution in [3.63, 3.8) is 0 Å². The van der Waals surface area contributed by atoms with Gasteiger partial charge < -0.3 is 4.52 Å². The van der Waals surface area contributed by atoms with Crippen molar-refractivity contribution in [1.29, 1.82) is 0 Å². The normalized spacial score (nSPS) is 18.4. The van der Waals surface area contributed by atoms with Crippen LogP contribution in [0, 0.1) is 12.8 Å². The van der Waals surface area contributed by atoms with Crippen LogP contribution in [0.4, 0.5) is 0 Å². The molecule has 0 saturated heterocycles. The van der Waals surface area contributed by atoms with Gasteiger partial charge in [0.2, 0.25) is 0 Å². The largest absolute Gasteiger partial charge is 0.361 e. The fourth-order valence-electron chi connectivity index (χ4n) is 2.07. The van der Waals surface area contributed by atoms with E-state index in [0.29, 0.717) is 12.0 Å². The number of rotatable bonds is 5. The molecule has 0 unspecified atom stereocenters. The smallest absolute Gasteiger partial charge is 0.133 e. The lowest BCUT2D eigenvalue weighted by molar-refractivity contribution is 0.146. The first-order chi connectivity index (χ1) is 7.58. The lowest BCUT2D eigenvalue weighted by Gasteiger charge is -2.31. The van der Waals surface area contributed by atoms with E-state index in [1.54, 1.807) is 0 Å². The summed E-state index contributed by atoms with van der Waals surface area (Å²) in [5.41, 5.74) is 1.07. The average Bonchev–Trinajstić information content (AvgIpc) is 2.98. The Labute approximate surface area is 97.8 Å². The molecule has 0 radical (unpaired) electrons. The van der Waals surface area contributed by atoms with Crippen molar-refractivity contribution < 1.29 is 4.52 Å². The van der Waals surface area contributed by atoms with Gasteiger partial charge in [-0.15, -0.1) is 0 Å². The molecule has 1 aromatic rings. The maximum absolute atomic E-state index is 5.13. The molecule has 3 nitrogen and oxygen atoms in total. The molecule has 16 heavy (non-hydrogen) atoms. The Morgan fingerprint density at radius 3 is 2.56 bits per heavy atom. The zero-order valence-corrected chi connectivity index (χ0v) is 10.7. The highest BCUT2D eigenvalue weighted by atomic mass is 16.5. The van der Waals surface area contributed by atoms with E-state index >= 15 is 0 Å². The summed E-state index contributed by atoms with van der Waals surface area (Å²) in [6.45, 7) is 9.77. The van der Waals surface area contributed by atoms with Crippen LogP contribution in [-0.2, 0) is 6.54 Å². The van der Waals surface area contributed by atoms with E-state index in [-0.39, 0.29) is 0 Å². The molecule has 2 rings (SSSR count). The summed E-state index contributed by atoms with van der Waals surface area (Å²) in [4.78, 5) is 2.57. The highest BCUT2D eigenvalue weighted by Gasteiger charge is 2.33. The van der Waals surface area contributed by atoms with Crippen LogP contribution in [0.15, 0.2) is 10.6 Å². The van der Waals surface area contributed by atoms with Crippen molar-refractivity contribution in [3.05, 3.63) is 17.5 Å². The third-order valence-electron chi connectivity index (χ3n) is 3.53. The van der Waals surface area contributed by atoms with Crippen LogP contribution in [0.1, 0.15) is 45.1 Å². The topological polar surface area (TPSA) is 29.3 Å². The van der Waals surface area contributed by atoms with Crippen LogP contribution in [-0.4, -0.2) is 22.1 Å². The van der Waals surface area contributed by atoms with Crippen LogP contribution in [0.2, 0.25) is 0 Å². The van der Waals surface area contributed by atoms with Gasteiger partial charge in [0, 0.05) is 24.7 Å². The van der Waals surface area contributed by atoms with Gasteiger partial charge in [0.1, 0.15) is 5.76 Å². The van der Waals surface area contributed by atoms with E-state index in [9.17, 15) is 0 Å². The number of hydrogen-bond acceptors (Lipinski definition) is 3. The molecule has 1 saturated carbocycles. The maximum atomic E-state index is 5.13. The lowest BCUT2D eigenvalue weighted by Crippen LogP contribution is -2.38. The summed E-state index contributed by atoms with van der Waals surface area (Å²) in [7, 11) is 0. The molecule has 0 N–H and O–H groups in total. The number of hydrogen-bond donors (Lipinski definition) is 0. The number of aromatic nitrogens is 1. The first-order valence-electron chi connectivity index (χ1n) is 6.26. The molecule has 1 fully saturated rings. The van der Waals surface area contributed by atoms with E-state index in [1.807, 2.05) is 13.0 Å². The molecule has 1 atom stereocenters. The predicted molar refractivity (Wildman–Crippen MR) is 64.1 cm³/mol. The second kappa shape index (κ2) is 4.58. The standard InChI is InChI=1S/C13H22N2O/c1-9(2)11(4)15(13-5-6-13)8-12-7-10(3)16-14-12/h7,9,11,13H,5-6,8H2,1-4H3/t11-/m0/s1.